The molecule has 1 aliphatic rings. The molecule has 1 aromatic rings. The number of aliphatic hydroxyl groups excluding tert-OH is 1. The number of ether oxygens (including phenoxy) is 1. The average molecular weight is 293 g/mol. The van der Waals surface area contributed by atoms with Crippen molar-refractivity contribution in [2.75, 3.05) is 30.0 Å². The molecule has 0 bridgehead atoms. The predicted molar refractivity (Wildman–Crippen MR) is 78.5 cm³/mol. The molecular weight excluding hydrogens is 274 g/mol. The maximum absolute atomic E-state index is 11.8. The quantitative estimate of drug-likeness (QED) is 0.768. The largest absolute Gasteiger partial charge is 0.447 e. The van der Waals surface area contributed by atoms with E-state index in [1.54, 1.807) is 24.3 Å². The molecule has 0 unspecified atom stereocenters. The summed E-state index contributed by atoms with van der Waals surface area (Å²) >= 11 is 0. The van der Waals surface area contributed by atoms with Crippen LogP contribution in [0.25, 0.3) is 0 Å². The molecule has 3 amide bonds. The topological polar surface area (TPSA) is 90.9 Å². The zero-order valence-corrected chi connectivity index (χ0v) is 11.8. The van der Waals surface area contributed by atoms with Crippen LogP contribution >= 0.6 is 0 Å². The van der Waals surface area contributed by atoms with Crippen molar-refractivity contribution in [1.82, 2.24) is 5.32 Å². The summed E-state index contributed by atoms with van der Waals surface area (Å²) in [6.07, 6.45) is 0.112. The number of amides is 3. The van der Waals surface area contributed by atoms with Crippen molar-refractivity contribution in [3.8, 4) is 0 Å². The van der Waals surface area contributed by atoms with Crippen LogP contribution in [0.1, 0.15) is 13.3 Å². The van der Waals surface area contributed by atoms with Crippen LogP contribution in [0.2, 0.25) is 0 Å². The van der Waals surface area contributed by atoms with E-state index in [-0.39, 0.29) is 24.8 Å². The second-order valence-corrected chi connectivity index (χ2v) is 4.83. The van der Waals surface area contributed by atoms with Crippen LogP contribution in [0.4, 0.5) is 21.0 Å². The van der Waals surface area contributed by atoms with Gasteiger partial charge in [-0.05, 0) is 31.5 Å². The molecule has 21 heavy (non-hydrogen) atoms. The fourth-order valence-electron chi connectivity index (χ4n) is 2.04. The Hall–Kier alpha value is -2.28. The van der Waals surface area contributed by atoms with Crippen molar-refractivity contribution in [3.05, 3.63) is 24.3 Å². The number of benzene rings is 1. The Balaban J connectivity index is 1.97. The monoisotopic (exact) mass is 293 g/mol. The van der Waals surface area contributed by atoms with Gasteiger partial charge in [-0.3, -0.25) is 4.90 Å². The minimum absolute atomic E-state index is 0.0218. The van der Waals surface area contributed by atoms with Crippen LogP contribution in [0.3, 0.4) is 0 Å². The van der Waals surface area contributed by atoms with Gasteiger partial charge in [0.05, 0.1) is 6.54 Å². The highest BCUT2D eigenvalue weighted by molar-refractivity contribution is 5.93. The molecule has 7 nitrogen and oxygen atoms in total. The molecule has 1 saturated heterocycles. The number of urea groups is 1. The molecule has 2 rings (SSSR count). The summed E-state index contributed by atoms with van der Waals surface area (Å²) in [5, 5.41) is 14.2. The molecular formula is C14H19N3O4. The number of cyclic esters (lactones) is 1. The number of nitrogens with one attached hydrogen (secondary N) is 2. The molecule has 114 valence electrons. The van der Waals surface area contributed by atoms with Gasteiger partial charge in [-0.2, -0.15) is 0 Å². The summed E-state index contributed by atoms with van der Waals surface area (Å²) in [6.45, 7) is 2.71. The molecule has 0 aliphatic carbocycles. The van der Waals surface area contributed by atoms with E-state index in [1.807, 2.05) is 6.92 Å². The molecule has 1 aliphatic heterocycles. The van der Waals surface area contributed by atoms with Gasteiger partial charge in [0.1, 0.15) is 6.61 Å². The Morgan fingerprint density at radius 1 is 1.52 bits per heavy atom. The van der Waals surface area contributed by atoms with Crippen molar-refractivity contribution < 1.29 is 19.4 Å². The Morgan fingerprint density at radius 3 is 3.00 bits per heavy atom. The molecule has 0 saturated carbocycles. The van der Waals surface area contributed by atoms with Gasteiger partial charge >= 0.3 is 12.1 Å². The van der Waals surface area contributed by atoms with Gasteiger partial charge in [-0.25, -0.2) is 9.59 Å². The molecule has 1 atom stereocenters. The lowest BCUT2D eigenvalue weighted by Gasteiger charge is -2.16. The first kappa shape index (κ1) is 15.1. The van der Waals surface area contributed by atoms with Gasteiger partial charge < -0.3 is 20.5 Å². The molecule has 3 N–H and O–H groups in total. The molecule has 1 fully saturated rings. The number of hydrogen-bond donors (Lipinski definition) is 3. The minimum Gasteiger partial charge on any atom is -0.447 e. The molecule has 1 heterocycles. The van der Waals surface area contributed by atoms with Gasteiger partial charge in [0.15, 0.2) is 0 Å². The Bertz CT molecular complexity index is 521. The maximum Gasteiger partial charge on any atom is 0.414 e. The van der Waals surface area contributed by atoms with E-state index >= 15 is 0 Å². The SMILES string of the molecule is C[C@H](CCO)NC(=O)Nc1cccc(N2CCOC2=O)c1. The highest BCUT2D eigenvalue weighted by atomic mass is 16.6. The molecule has 0 spiro atoms. The van der Waals surface area contributed by atoms with Crippen molar-refractivity contribution in [1.29, 1.82) is 0 Å². The maximum atomic E-state index is 11.8. The molecule has 7 heteroatoms. The number of rotatable bonds is 5. The number of carbonyl (C=O) groups is 2. The van der Waals surface area contributed by atoms with Gasteiger partial charge in [0.2, 0.25) is 0 Å². The van der Waals surface area contributed by atoms with Crippen LogP contribution in [0.15, 0.2) is 24.3 Å². The van der Waals surface area contributed by atoms with E-state index in [0.717, 1.165) is 0 Å². The van der Waals surface area contributed by atoms with Crippen LogP contribution in [0.5, 0.6) is 0 Å². The van der Waals surface area contributed by atoms with E-state index in [0.29, 0.717) is 30.9 Å². The number of aliphatic hydroxyl groups is 1. The summed E-state index contributed by atoms with van der Waals surface area (Å²) in [5.74, 6) is 0. The number of carbonyl (C=O) groups excluding carboxylic acids is 2. The van der Waals surface area contributed by atoms with Crippen LogP contribution < -0.4 is 15.5 Å². The Labute approximate surface area is 122 Å². The minimum atomic E-state index is -0.381. The van der Waals surface area contributed by atoms with E-state index in [9.17, 15) is 9.59 Å². The number of nitrogens with zero attached hydrogens (tertiary/aromatic N) is 1. The number of hydrogen-bond acceptors (Lipinski definition) is 4. The highest BCUT2D eigenvalue weighted by Crippen LogP contribution is 2.22. The Morgan fingerprint density at radius 2 is 2.33 bits per heavy atom. The summed E-state index contributed by atoms with van der Waals surface area (Å²) in [4.78, 5) is 24.8. The van der Waals surface area contributed by atoms with Crippen LogP contribution in [-0.4, -0.2) is 43.0 Å². The third kappa shape index (κ3) is 4.09. The first-order valence-electron chi connectivity index (χ1n) is 6.83. The van der Waals surface area contributed by atoms with Gasteiger partial charge in [0, 0.05) is 24.0 Å². The molecule has 0 aromatic heterocycles. The predicted octanol–water partition coefficient (Wildman–Crippen LogP) is 1.54. The van der Waals surface area contributed by atoms with Crippen molar-refractivity contribution >= 4 is 23.5 Å². The lowest BCUT2D eigenvalue weighted by atomic mass is 10.2. The van der Waals surface area contributed by atoms with Crippen molar-refractivity contribution in [2.24, 2.45) is 0 Å². The second kappa shape index (κ2) is 6.94. The van der Waals surface area contributed by atoms with E-state index in [1.165, 1.54) is 4.90 Å². The third-order valence-corrected chi connectivity index (χ3v) is 3.12. The lowest BCUT2D eigenvalue weighted by Crippen LogP contribution is -2.36. The van der Waals surface area contributed by atoms with Crippen molar-refractivity contribution in [2.45, 2.75) is 19.4 Å². The summed E-state index contributed by atoms with van der Waals surface area (Å²) in [7, 11) is 0. The highest BCUT2D eigenvalue weighted by Gasteiger charge is 2.23. The standard InChI is InChI=1S/C14H19N3O4/c1-10(5-7-18)15-13(19)16-11-3-2-4-12(9-11)17-6-8-21-14(17)20/h2-4,9-10,18H,5-8H2,1H3,(H2,15,16,19)/t10-/m1/s1. The second-order valence-electron chi connectivity index (χ2n) is 4.83. The smallest absolute Gasteiger partial charge is 0.414 e. The first-order chi connectivity index (χ1) is 10.1. The fraction of sp³-hybridized carbons (Fsp3) is 0.429. The van der Waals surface area contributed by atoms with Crippen LogP contribution in [-0.2, 0) is 4.74 Å². The Kier molecular flexibility index (Phi) is 4.99. The molecule has 0 radical (unpaired) electrons. The summed E-state index contributed by atoms with van der Waals surface area (Å²) in [6, 6.07) is 6.52. The molecule has 1 aromatic carbocycles. The van der Waals surface area contributed by atoms with Gasteiger partial charge in [-0.1, -0.05) is 6.07 Å². The van der Waals surface area contributed by atoms with Gasteiger partial charge in [-0.15, -0.1) is 0 Å². The third-order valence-electron chi connectivity index (χ3n) is 3.12. The lowest BCUT2D eigenvalue weighted by molar-refractivity contribution is 0.181. The van der Waals surface area contributed by atoms with E-state index in [4.69, 9.17) is 9.84 Å². The van der Waals surface area contributed by atoms with E-state index in [2.05, 4.69) is 10.6 Å². The average Bonchev–Trinajstić information content (AvgIpc) is 2.85. The normalized spacial score (nSPS) is 15.5. The van der Waals surface area contributed by atoms with Gasteiger partial charge in [0.25, 0.3) is 0 Å². The zero-order chi connectivity index (χ0) is 15.2. The first-order valence-corrected chi connectivity index (χ1v) is 6.83. The van der Waals surface area contributed by atoms with Crippen molar-refractivity contribution in [3.63, 3.8) is 0 Å². The van der Waals surface area contributed by atoms with Crippen LogP contribution in [0, 0.1) is 0 Å². The zero-order valence-electron chi connectivity index (χ0n) is 11.8. The fourth-order valence-corrected chi connectivity index (χ4v) is 2.04. The number of anilines is 2. The summed E-state index contributed by atoms with van der Waals surface area (Å²) in [5.41, 5.74) is 1.26. The summed E-state index contributed by atoms with van der Waals surface area (Å²) < 4.78 is 4.88. The van der Waals surface area contributed by atoms with E-state index < -0.39 is 0 Å².